The molecule has 118 valence electrons. The first-order valence-corrected chi connectivity index (χ1v) is 8.36. The fourth-order valence-corrected chi connectivity index (χ4v) is 2.98. The summed E-state index contributed by atoms with van der Waals surface area (Å²) in [5, 5.41) is 14.9. The van der Waals surface area contributed by atoms with Gasteiger partial charge in [0.1, 0.15) is 5.56 Å². The Kier molecular flexibility index (Phi) is 3.61. The molecule has 0 bridgehead atoms. The van der Waals surface area contributed by atoms with Crippen molar-refractivity contribution in [3.05, 3.63) is 84.3 Å². The molecule has 0 saturated heterocycles. The van der Waals surface area contributed by atoms with Gasteiger partial charge in [-0.3, -0.25) is 14.9 Å². The summed E-state index contributed by atoms with van der Waals surface area (Å²) >= 11 is 2.20. The van der Waals surface area contributed by atoms with E-state index in [-0.39, 0.29) is 17.0 Å². The molecule has 0 atom stereocenters. The van der Waals surface area contributed by atoms with Crippen molar-refractivity contribution in [2.75, 3.05) is 0 Å². The number of aromatic nitrogens is 2. The lowest BCUT2D eigenvalue weighted by atomic mass is 10.1. The number of nitrogens with zero attached hydrogens (tertiary/aromatic N) is 2. The predicted molar refractivity (Wildman–Crippen MR) is 101 cm³/mol. The van der Waals surface area contributed by atoms with Crippen molar-refractivity contribution in [3.8, 4) is 11.6 Å². The Morgan fingerprint density at radius 3 is 2.75 bits per heavy atom. The molecule has 2 N–H and O–H groups in total. The standard InChI is InChI=1S/C18H12IN3O2/c19-13-2-4-14(5-3-13)22-18(24)15(17(23)21-22)10-11-1-6-16-12(9-11)7-8-20-16/h1-10,24H,(H,21,23)/b11-10+. The van der Waals surface area contributed by atoms with E-state index in [2.05, 4.69) is 32.7 Å². The first kappa shape index (κ1) is 14.9. The summed E-state index contributed by atoms with van der Waals surface area (Å²) in [5.41, 5.74) is 1.58. The molecule has 0 radical (unpaired) electrons. The molecule has 1 aliphatic rings. The molecule has 4 rings (SSSR count). The van der Waals surface area contributed by atoms with Gasteiger partial charge in [-0.1, -0.05) is 6.07 Å². The molecule has 0 aliphatic carbocycles. The van der Waals surface area contributed by atoms with Gasteiger partial charge in [0.2, 0.25) is 5.88 Å². The molecule has 24 heavy (non-hydrogen) atoms. The number of benzene rings is 2. The Hall–Kier alpha value is -2.61. The lowest BCUT2D eigenvalue weighted by Gasteiger charge is -2.04. The maximum atomic E-state index is 12.2. The van der Waals surface area contributed by atoms with Crippen LogP contribution < -0.4 is 16.1 Å². The summed E-state index contributed by atoms with van der Waals surface area (Å²) in [6.07, 6.45) is 5.32. The maximum absolute atomic E-state index is 12.2. The number of hydrogen-bond donors (Lipinski definition) is 2. The smallest absolute Gasteiger partial charge is 0.275 e. The van der Waals surface area contributed by atoms with Gasteiger partial charge in [-0.15, -0.1) is 0 Å². The summed E-state index contributed by atoms with van der Waals surface area (Å²) in [6, 6.07) is 13.2. The molecule has 6 heteroatoms. The van der Waals surface area contributed by atoms with Gasteiger partial charge in [-0.2, -0.15) is 0 Å². The van der Waals surface area contributed by atoms with Crippen LogP contribution in [0.5, 0.6) is 5.88 Å². The van der Waals surface area contributed by atoms with E-state index in [4.69, 9.17) is 0 Å². The third kappa shape index (κ3) is 2.58. The number of aromatic hydroxyl groups is 1. The minimum Gasteiger partial charge on any atom is -0.493 e. The molecule has 0 fully saturated rings. The Bertz CT molecular complexity index is 1140. The highest BCUT2D eigenvalue weighted by molar-refractivity contribution is 14.1. The van der Waals surface area contributed by atoms with Crippen LogP contribution in [0.3, 0.4) is 0 Å². The van der Waals surface area contributed by atoms with Gasteiger partial charge >= 0.3 is 0 Å². The fourth-order valence-electron chi connectivity index (χ4n) is 2.62. The number of fused-ring (bicyclic) bond motifs is 1. The van der Waals surface area contributed by atoms with Crippen molar-refractivity contribution in [2.24, 2.45) is 4.99 Å². The molecule has 0 amide bonds. The second-order valence-electron chi connectivity index (χ2n) is 5.40. The van der Waals surface area contributed by atoms with E-state index in [0.717, 1.165) is 19.7 Å². The third-order valence-electron chi connectivity index (χ3n) is 3.83. The van der Waals surface area contributed by atoms with Gasteiger partial charge in [0, 0.05) is 15.3 Å². The Labute approximate surface area is 150 Å². The highest BCUT2D eigenvalue weighted by Gasteiger charge is 2.13. The van der Waals surface area contributed by atoms with E-state index >= 15 is 0 Å². The van der Waals surface area contributed by atoms with Crippen molar-refractivity contribution in [1.82, 2.24) is 9.78 Å². The molecule has 0 saturated carbocycles. The van der Waals surface area contributed by atoms with E-state index in [1.165, 1.54) is 4.68 Å². The van der Waals surface area contributed by atoms with Gasteiger partial charge in [0.05, 0.1) is 11.0 Å². The normalized spacial score (nSPS) is 13.1. The quantitative estimate of drug-likeness (QED) is 0.612. The molecule has 1 aromatic heterocycles. The summed E-state index contributed by atoms with van der Waals surface area (Å²) in [5.74, 6) is -0.109. The van der Waals surface area contributed by atoms with Crippen molar-refractivity contribution in [3.63, 3.8) is 0 Å². The molecule has 2 aromatic carbocycles. The molecule has 2 heterocycles. The van der Waals surface area contributed by atoms with Crippen LogP contribution in [0.15, 0.2) is 58.5 Å². The van der Waals surface area contributed by atoms with Crippen LogP contribution in [-0.4, -0.2) is 14.9 Å². The topological polar surface area (TPSA) is 70.4 Å². The zero-order chi connectivity index (χ0) is 16.7. The van der Waals surface area contributed by atoms with Crippen molar-refractivity contribution >= 4 is 34.7 Å². The Morgan fingerprint density at radius 1 is 1.17 bits per heavy atom. The molecular weight excluding hydrogens is 417 g/mol. The second kappa shape index (κ2) is 5.79. The summed E-state index contributed by atoms with van der Waals surface area (Å²) in [7, 11) is 0. The lowest BCUT2D eigenvalue weighted by molar-refractivity contribution is 0.432. The average Bonchev–Trinajstić information content (AvgIpc) is 3.15. The summed E-state index contributed by atoms with van der Waals surface area (Å²) in [6.45, 7) is 0. The molecule has 5 nitrogen and oxygen atoms in total. The highest BCUT2D eigenvalue weighted by atomic mass is 127. The molecule has 0 unspecified atom stereocenters. The van der Waals surface area contributed by atoms with Crippen LogP contribution in [-0.2, 0) is 0 Å². The van der Waals surface area contributed by atoms with Crippen LogP contribution in [0, 0.1) is 3.57 Å². The van der Waals surface area contributed by atoms with E-state index in [1.54, 1.807) is 12.3 Å². The minimum absolute atomic E-state index is 0.109. The largest absolute Gasteiger partial charge is 0.493 e. The van der Waals surface area contributed by atoms with Gasteiger partial charge in [-0.05, 0) is 76.4 Å². The van der Waals surface area contributed by atoms with E-state index in [9.17, 15) is 9.90 Å². The number of halogens is 1. The number of rotatable bonds is 2. The third-order valence-corrected chi connectivity index (χ3v) is 4.54. The molecular formula is C18H12IN3O2. The van der Waals surface area contributed by atoms with E-state index in [0.29, 0.717) is 5.69 Å². The van der Waals surface area contributed by atoms with Crippen molar-refractivity contribution in [2.45, 2.75) is 0 Å². The van der Waals surface area contributed by atoms with Gasteiger partial charge in [0.15, 0.2) is 0 Å². The first-order chi connectivity index (χ1) is 11.6. The Balaban J connectivity index is 1.84. The van der Waals surface area contributed by atoms with Crippen LogP contribution in [0.4, 0.5) is 0 Å². The van der Waals surface area contributed by atoms with Crippen LogP contribution in [0.2, 0.25) is 0 Å². The highest BCUT2D eigenvalue weighted by Crippen LogP contribution is 2.19. The van der Waals surface area contributed by atoms with Gasteiger partial charge in [0.25, 0.3) is 5.56 Å². The average molecular weight is 429 g/mol. The monoisotopic (exact) mass is 429 g/mol. The zero-order valence-electron chi connectivity index (χ0n) is 12.4. The van der Waals surface area contributed by atoms with Crippen molar-refractivity contribution < 1.29 is 5.11 Å². The fraction of sp³-hybridized carbons (Fsp3) is 0. The summed E-state index contributed by atoms with van der Waals surface area (Å²) in [4.78, 5) is 16.5. The SMILES string of the molecule is O=c1[nH]n(-c2ccc(I)cc2)c(O)c1/C=c1\ccc2c(c1)C=CN=2. The van der Waals surface area contributed by atoms with E-state index < -0.39 is 0 Å². The minimum atomic E-state index is -0.341. The van der Waals surface area contributed by atoms with Crippen LogP contribution in [0.1, 0.15) is 11.1 Å². The first-order valence-electron chi connectivity index (χ1n) is 7.28. The maximum Gasteiger partial charge on any atom is 0.275 e. The molecule has 3 aromatic rings. The summed E-state index contributed by atoms with van der Waals surface area (Å²) < 4.78 is 2.46. The predicted octanol–water partition coefficient (Wildman–Crippen LogP) is 1.91. The van der Waals surface area contributed by atoms with Crippen molar-refractivity contribution in [1.29, 1.82) is 0 Å². The lowest BCUT2D eigenvalue weighted by Crippen LogP contribution is -2.12. The molecule has 1 aliphatic heterocycles. The molecule has 0 spiro atoms. The zero-order valence-corrected chi connectivity index (χ0v) is 14.6. The number of hydrogen-bond acceptors (Lipinski definition) is 3. The number of H-pyrrole nitrogens is 1. The number of nitrogens with one attached hydrogen (secondary N) is 1. The van der Waals surface area contributed by atoms with Crippen LogP contribution >= 0.6 is 22.6 Å². The van der Waals surface area contributed by atoms with E-state index in [1.807, 2.05) is 48.5 Å². The van der Waals surface area contributed by atoms with Gasteiger partial charge in [-0.25, -0.2) is 4.68 Å². The number of aromatic amines is 1. The van der Waals surface area contributed by atoms with Gasteiger partial charge < -0.3 is 5.11 Å². The Morgan fingerprint density at radius 2 is 1.96 bits per heavy atom. The van der Waals surface area contributed by atoms with Crippen LogP contribution in [0.25, 0.3) is 17.8 Å². The second-order valence-corrected chi connectivity index (χ2v) is 6.64.